The molecule has 7 nitrogen and oxygen atoms in total. The second-order valence-electron chi connectivity index (χ2n) is 9.00. The van der Waals surface area contributed by atoms with E-state index < -0.39 is 10.0 Å². The molecule has 1 saturated heterocycles. The molecule has 2 fully saturated rings. The summed E-state index contributed by atoms with van der Waals surface area (Å²) >= 11 is 0. The molecule has 1 aromatic carbocycles. The van der Waals surface area contributed by atoms with Crippen LogP contribution in [0.25, 0.3) is 10.9 Å². The number of aromatic amines is 1. The van der Waals surface area contributed by atoms with E-state index in [0.29, 0.717) is 29.9 Å². The first-order chi connectivity index (χ1) is 14.8. The summed E-state index contributed by atoms with van der Waals surface area (Å²) in [5.74, 6) is 0.347. The molecular formula is C23H31N3O4S. The van der Waals surface area contributed by atoms with E-state index in [1.807, 2.05) is 0 Å². The zero-order valence-corrected chi connectivity index (χ0v) is 18.8. The quantitative estimate of drug-likeness (QED) is 0.753. The third-order valence-electron chi connectivity index (χ3n) is 6.61. The second-order valence-corrected chi connectivity index (χ2v) is 10.9. The summed E-state index contributed by atoms with van der Waals surface area (Å²) in [6, 6.07) is 5.99. The largest absolute Gasteiger partial charge is 0.349 e. The van der Waals surface area contributed by atoms with Gasteiger partial charge in [-0.15, -0.1) is 0 Å². The van der Waals surface area contributed by atoms with Crippen molar-refractivity contribution in [3.63, 3.8) is 0 Å². The van der Waals surface area contributed by atoms with Gasteiger partial charge >= 0.3 is 0 Å². The number of pyridine rings is 1. The SMILES string of the molecule is CC1CCC(NC(=O)c2cc(=O)[nH]c3ccc(S(=O)(=O)N4CCCCCC4)cc23)CC1. The van der Waals surface area contributed by atoms with Gasteiger partial charge in [0.1, 0.15) is 0 Å². The van der Waals surface area contributed by atoms with Gasteiger partial charge in [0, 0.05) is 36.1 Å². The summed E-state index contributed by atoms with van der Waals surface area (Å²) in [5, 5.41) is 3.51. The molecule has 31 heavy (non-hydrogen) atoms. The average molecular weight is 446 g/mol. The van der Waals surface area contributed by atoms with E-state index in [1.54, 1.807) is 6.07 Å². The summed E-state index contributed by atoms with van der Waals surface area (Å²) in [5.41, 5.74) is 0.313. The Morgan fingerprint density at radius 1 is 1.03 bits per heavy atom. The maximum absolute atomic E-state index is 13.2. The number of hydrogen-bond acceptors (Lipinski definition) is 4. The van der Waals surface area contributed by atoms with Gasteiger partial charge < -0.3 is 10.3 Å². The zero-order chi connectivity index (χ0) is 22.0. The van der Waals surface area contributed by atoms with Crippen molar-refractivity contribution in [2.45, 2.75) is 69.2 Å². The number of carbonyl (C=O) groups is 1. The van der Waals surface area contributed by atoms with Crippen molar-refractivity contribution in [2.75, 3.05) is 13.1 Å². The number of rotatable bonds is 4. The lowest BCUT2D eigenvalue weighted by Gasteiger charge is -2.27. The van der Waals surface area contributed by atoms with Crippen LogP contribution in [0.2, 0.25) is 0 Å². The van der Waals surface area contributed by atoms with Crippen molar-refractivity contribution < 1.29 is 13.2 Å². The molecule has 1 aliphatic carbocycles. The molecule has 168 valence electrons. The molecule has 0 unspecified atom stereocenters. The number of amides is 1. The Hall–Kier alpha value is -2.19. The van der Waals surface area contributed by atoms with Gasteiger partial charge in [0.25, 0.3) is 5.91 Å². The molecule has 4 rings (SSSR count). The molecule has 2 heterocycles. The van der Waals surface area contributed by atoms with Crippen LogP contribution in [0.15, 0.2) is 34.0 Å². The first kappa shape index (κ1) is 22.0. The van der Waals surface area contributed by atoms with Gasteiger partial charge in [0.2, 0.25) is 15.6 Å². The number of nitrogens with zero attached hydrogens (tertiary/aromatic N) is 1. The topological polar surface area (TPSA) is 99.3 Å². The summed E-state index contributed by atoms with van der Waals surface area (Å²) in [6.45, 7) is 3.24. The summed E-state index contributed by atoms with van der Waals surface area (Å²) in [6.07, 6.45) is 7.76. The van der Waals surface area contributed by atoms with Gasteiger partial charge in [-0.1, -0.05) is 19.8 Å². The molecule has 1 aliphatic heterocycles. The van der Waals surface area contributed by atoms with Crippen LogP contribution in [-0.4, -0.2) is 42.7 Å². The van der Waals surface area contributed by atoms with Gasteiger partial charge in [-0.3, -0.25) is 9.59 Å². The van der Waals surface area contributed by atoms with Crippen LogP contribution in [-0.2, 0) is 10.0 Å². The normalized spacial score (nSPS) is 23.4. The van der Waals surface area contributed by atoms with Crippen molar-refractivity contribution >= 4 is 26.8 Å². The number of hydrogen-bond donors (Lipinski definition) is 2. The van der Waals surface area contributed by atoms with E-state index in [0.717, 1.165) is 51.4 Å². The zero-order valence-electron chi connectivity index (χ0n) is 18.0. The Labute approximate surface area is 183 Å². The molecule has 1 amide bonds. The van der Waals surface area contributed by atoms with Crippen LogP contribution < -0.4 is 10.9 Å². The van der Waals surface area contributed by atoms with E-state index in [1.165, 1.54) is 22.5 Å². The fourth-order valence-corrected chi connectivity index (χ4v) is 6.22. The Morgan fingerprint density at radius 2 is 1.71 bits per heavy atom. The number of benzene rings is 1. The lowest BCUT2D eigenvalue weighted by molar-refractivity contribution is 0.0924. The van der Waals surface area contributed by atoms with E-state index in [4.69, 9.17) is 0 Å². The lowest BCUT2D eigenvalue weighted by atomic mass is 9.87. The Bertz CT molecular complexity index is 1110. The van der Waals surface area contributed by atoms with Crippen LogP contribution in [0.1, 0.15) is 68.6 Å². The monoisotopic (exact) mass is 445 g/mol. The Morgan fingerprint density at radius 3 is 2.39 bits per heavy atom. The standard InChI is InChI=1S/C23H31N3O4S/c1-16-6-8-17(9-7-16)24-23(28)20-15-22(27)25-21-11-10-18(14-19(20)21)31(29,30)26-12-4-2-3-5-13-26/h10-11,14-17H,2-9,12-13H2,1H3,(H,24,28)(H,25,27). The van der Waals surface area contributed by atoms with Crippen molar-refractivity contribution in [3.8, 4) is 0 Å². The fourth-order valence-electron chi connectivity index (χ4n) is 4.68. The number of aromatic nitrogens is 1. The second kappa shape index (κ2) is 9.12. The van der Waals surface area contributed by atoms with Crippen LogP contribution in [0.3, 0.4) is 0 Å². The first-order valence-corrected chi connectivity index (χ1v) is 12.8. The highest BCUT2D eigenvalue weighted by Gasteiger charge is 2.27. The van der Waals surface area contributed by atoms with Crippen LogP contribution in [0.5, 0.6) is 0 Å². The molecule has 1 saturated carbocycles. The van der Waals surface area contributed by atoms with Gasteiger partial charge in [-0.2, -0.15) is 4.31 Å². The highest BCUT2D eigenvalue weighted by atomic mass is 32.2. The molecule has 0 bridgehead atoms. The predicted molar refractivity (Wildman–Crippen MR) is 121 cm³/mol. The highest BCUT2D eigenvalue weighted by molar-refractivity contribution is 7.89. The van der Waals surface area contributed by atoms with Crippen LogP contribution in [0.4, 0.5) is 0 Å². The maximum atomic E-state index is 13.2. The highest BCUT2D eigenvalue weighted by Crippen LogP contribution is 2.26. The van der Waals surface area contributed by atoms with Crippen molar-refractivity contribution in [1.29, 1.82) is 0 Å². The van der Waals surface area contributed by atoms with Gasteiger partial charge in [0.05, 0.1) is 10.5 Å². The summed E-state index contributed by atoms with van der Waals surface area (Å²) in [4.78, 5) is 28.1. The number of sulfonamides is 1. The summed E-state index contributed by atoms with van der Waals surface area (Å²) < 4.78 is 28.0. The molecule has 2 N–H and O–H groups in total. The minimum atomic E-state index is -3.65. The average Bonchev–Trinajstić information content (AvgIpc) is 3.04. The van der Waals surface area contributed by atoms with Gasteiger partial charge in [-0.05, 0) is 62.6 Å². The van der Waals surface area contributed by atoms with Gasteiger partial charge in [0.15, 0.2) is 0 Å². The third-order valence-corrected chi connectivity index (χ3v) is 8.51. The molecule has 0 atom stereocenters. The van der Waals surface area contributed by atoms with Crippen molar-refractivity contribution in [2.24, 2.45) is 5.92 Å². The number of carbonyl (C=O) groups excluding carboxylic acids is 1. The van der Waals surface area contributed by atoms with Crippen molar-refractivity contribution in [3.05, 3.63) is 40.2 Å². The van der Waals surface area contributed by atoms with E-state index in [-0.39, 0.29) is 28.0 Å². The van der Waals surface area contributed by atoms with Crippen LogP contribution >= 0.6 is 0 Å². The lowest BCUT2D eigenvalue weighted by Crippen LogP contribution is -2.37. The molecule has 0 radical (unpaired) electrons. The van der Waals surface area contributed by atoms with E-state index >= 15 is 0 Å². The Balaban J connectivity index is 1.67. The summed E-state index contributed by atoms with van der Waals surface area (Å²) in [7, 11) is -3.65. The van der Waals surface area contributed by atoms with E-state index in [9.17, 15) is 18.0 Å². The third kappa shape index (κ3) is 4.85. The number of fused-ring (bicyclic) bond motifs is 1. The first-order valence-electron chi connectivity index (χ1n) is 11.3. The van der Waals surface area contributed by atoms with Crippen LogP contribution in [0, 0.1) is 5.92 Å². The predicted octanol–water partition coefficient (Wildman–Crippen LogP) is 3.40. The fraction of sp³-hybridized carbons (Fsp3) is 0.565. The molecular weight excluding hydrogens is 414 g/mol. The molecule has 1 aromatic heterocycles. The molecule has 2 aliphatic rings. The van der Waals surface area contributed by atoms with Gasteiger partial charge in [-0.25, -0.2) is 8.42 Å². The molecule has 8 heteroatoms. The smallest absolute Gasteiger partial charge is 0.252 e. The number of nitrogens with one attached hydrogen (secondary N) is 2. The van der Waals surface area contributed by atoms with Crippen molar-refractivity contribution in [1.82, 2.24) is 14.6 Å². The molecule has 2 aromatic rings. The molecule has 0 spiro atoms. The minimum Gasteiger partial charge on any atom is -0.349 e. The number of H-pyrrole nitrogens is 1. The minimum absolute atomic E-state index is 0.0852. The van der Waals surface area contributed by atoms with E-state index in [2.05, 4.69) is 17.2 Å². The Kier molecular flexibility index (Phi) is 6.48. The maximum Gasteiger partial charge on any atom is 0.252 e.